The molecule has 6 nitrogen and oxygen atoms in total. The molecule has 0 aliphatic carbocycles. The molecule has 0 aliphatic heterocycles. The molecule has 0 saturated carbocycles. The van der Waals surface area contributed by atoms with E-state index in [0.29, 0.717) is 19.3 Å². The van der Waals surface area contributed by atoms with Crippen molar-refractivity contribution in [3.05, 3.63) is 146 Å². The van der Waals surface area contributed by atoms with Crippen molar-refractivity contribution in [3.63, 3.8) is 0 Å². The Labute approximate surface area is 417 Å². The Bertz CT molecular complexity index is 1540. The van der Waals surface area contributed by atoms with Crippen molar-refractivity contribution < 1.29 is 28.6 Å². The van der Waals surface area contributed by atoms with Crippen molar-refractivity contribution >= 4 is 17.9 Å². The first-order chi connectivity index (χ1) is 33.5. The second-order valence-electron chi connectivity index (χ2n) is 17.0. The van der Waals surface area contributed by atoms with E-state index in [1.807, 2.05) is 0 Å². The molecule has 0 aliphatic rings. The molecule has 0 fully saturated rings. The zero-order valence-electron chi connectivity index (χ0n) is 43.3. The molecule has 0 aromatic heterocycles. The Kier molecular flexibility index (Phi) is 51.1. The minimum absolute atomic E-state index is 0.109. The second-order valence-corrected chi connectivity index (χ2v) is 17.0. The molecule has 0 radical (unpaired) electrons. The lowest BCUT2D eigenvalue weighted by molar-refractivity contribution is -0.167. The second kappa shape index (κ2) is 54.9. The van der Waals surface area contributed by atoms with Crippen LogP contribution in [-0.4, -0.2) is 37.2 Å². The van der Waals surface area contributed by atoms with E-state index in [4.69, 9.17) is 14.2 Å². The Morgan fingerprint density at radius 1 is 0.309 bits per heavy atom. The first kappa shape index (κ1) is 63.3. The lowest BCUT2D eigenvalue weighted by Gasteiger charge is -2.18. The van der Waals surface area contributed by atoms with Crippen LogP contribution in [0.15, 0.2) is 146 Å². The highest BCUT2D eigenvalue weighted by Crippen LogP contribution is 2.12. The summed E-state index contributed by atoms with van der Waals surface area (Å²) in [4.78, 5) is 37.7. The van der Waals surface area contributed by atoms with E-state index in [0.717, 1.165) is 141 Å². The summed E-state index contributed by atoms with van der Waals surface area (Å²) in [6.07, 6.45) is 78.7. The van der Waals surface area contributed by atoms with E-state index in [2.05, 4.69) is 167 Å². The summed E-state index contributed by atoms with van der Waals surface area (Å²) in [5.41, 5.74) is 0. The average molecular weight is 937 g/mol. The summed E-state index contributed by atoms with van der Waals surface area (Å²) < 4.78 is 16.6. The third-order valence-electron chi connectivity index (χ3n) is 10.6. The third kappa shape index (κ3) is 52.3. The fourth-order valence-corrected chi connectivity index (χ4v) is 6.63. The average Bonchev–Trinajstić information content (AvgIpc) is 3.34. The number of rotatable bonds is 46. The minimum atomic E-state index is -0.812. The zero-order valence-corrected chi connectivity index (χ0v) is 43.3. The highest BCUT2D eigenvalue weighted by atomic mass is 16.6. The van der Waals surface area contributed by atoms with Crippen LogP contribution in [0.2, 0.25) is 0 Å². The van der Waals surface area contributed by atoms with E-state index < -0.39 is 6.10 Å². The number of carbonyl (C=O) groups is 3. The van der Waals surface area contributed by atoms with Gasteiger partial charge in [0.25, 0.3) is 0 Å². The van der Waals surface area contributed by atoms with E-state index in [-0.39, 0.29) is 37.5 Å². The predicted octanol–water partition coefficient (Wildman–Crippen LogP) is 18.0. The molecule has 0 aromatic rings. The number of hydrogen-bond acceptors (Lipinski definition) is 6. The van der Waals surface area contributed by atoms with Gasteiger partial charge in [-0.2, -0.15) is 0 Å². The molecule has 0 aromatic carbocycles. The van der Waals surface area contributed by atoms with Gasteiger partial charge >= 0.3 is 17.9 Å². The number of carbonyl (C=O) groups excluding carboxylic acids is 3. The van der Waals surface area contributed by atoms with Gasteiger partial charge < -0.3 is 14.2 Å². The summed E-state index contributed by atoms with van der Waals surface area (Å²) in [7, 11) is 0. The molecule has 1 atom stereocenters. The van der Waals surface area contributed by atoms with Gasteiger partial charge in [-0.25, -0.2) is 0 Å². The number of hydrogen-bond donors (Lipinski definition) is 0. The number of allylic oxidation sites excluding steroid dienone is 24. The zero-order chi connectivity index (χ0) is 49.3. The maximum Gasteiger partial charge on any atom is 0.306 e. The van der Waals surface area contributed by atoms with Crippen LogP contribution < -0.4 is 0 Å². The van der Waals surface area contributed by atoms with Gasteiger partial charge in [-0.15, -0.1) is 0 Å². The molecule has 0 heterocycles. The summed E-state index contributed by atoms with van der Waals surface area (Å²) >= 11 is 0. The summed E-state index contributed by atoms with van der Waals surface area (Å²) in [5.74, 6) is -1.01. The van der Waals surface area contributed by atoms with Crippen LogP contribution in [-0.2, 0) is 28.6 Å². The SMILES string of the molecule is CC/C=C\C/C=C\C/C=C\C/C=C\C/C=C\C/C=C\C/C=C\C/C=C\C/C=C\CCCC(=O)OCC(COC(=O)CCCCCCCC)OC(=O)CCCCCCC/C=C\C/C=C\C/C=C\CC. The maximum atomic E-state index is 12.7. The van der Waals surface area contributed by atoms with Crippen LogP contribution in [0.4, 0.5) is 0 Å². The molecule has 0 N–H and O–H groups in total. The molecular weight excluding hydrogens is 841 g/mol. The van der Waals surface area contributed by atoms with Gasteiger partial charge in [0.05, 0.1) is 0 Å². The summed E-state index contributed by atoms with van der Waals surface area (Å²) in [6.45, 7) is 6.26. The van der Waals surface area contributed by atoms with E-state index >= 15 is 0 Å². The van der Waals surface area contributed by atoms with Gasteiger partial charge in [-0.3, -0.25) is 14.4 Å². The van der Waals surface area contributed by atoms with Crippen molar-refractivity contribution in [1.82, 2.24) is 0 Å². The monoisotopic (exact) mass is 937 g/mol. The maximum absolute atomic E-state index is 12.7. The fraction of sp³-hybridized carbons (Fsp3) is 0.565. The van der Waals surface area contributed by atoms with Gasteiger partial charge in [0.1, 0.15) is 13.2 Å². The highest BCUT2D eigenvalue weighted by molar-refractivity contribution is 5.71. The molecular formula is C62H96O6. The first-order valence-corrected chi connectivity index (χ1v) is 26.8. The molecule has 0 spiro atoms. The number of ether oxygens (including phenoxy) is 3. The highest BCUT2D eigenvalue weighted by Gasteiger charge is 2.19. The third-order valence-corrected chi connectivity index (χ3v) is 10.6. The summed E-state index contributed by atoms with van der Waals surface area (Å²) in [6, 6.07) is 0. The fourth-order valence-electron chi connectivity index (χ4n) is 6.63. The predicted molar refractivity (Wildman–Crippen MR) is 292 cm³/mol. The largest absolute Gasteiger partial charge is 0.462 e. The van der Waals surface area contributed by atoms with Crippen LogP contribution in [0, 0.1) is 0 Å². The lowest BCUT2D eigenvalue weighted by Crippen LogP contribution is -2.30. The first-order valence-electron chi connectivity index (χ1n) is 26.8. The molecule has 0 amide bonds. The van der Waals surface area contributed by atoms with Crippen molar-refractivity contribution in [1.29, 1.82) is 0 Å². The number of esters is 3. The molecule has 0 saturated heterocycles. The van der Waals surface area contributed by atoms with Crippen molar-refractivity contribution in [2.45, 2.75) is 213 Å². The molecule has 380 valence electrons. The molecule has 1 unspecified atom stereocenters. The normalized spacial score (nSPS) is 13.3. The Balaban J connectivity index is 4.32. The minimum Gasteiger partial charge on any atom is -0.462 e. The summed E-state index contributed by atoms with van der Waals surface area (Å²) in [5, 5.41) is 0. The molecule has 0 bridgehead atoms. The van der Waals surface area contributed by atoms with Gasteiger partial charge in [0.15, 0.2) is 6.10 Å². The topological polar surface area (TPSA) is 78.9 Å². The van der Waals surface area contributed by atoms with Gasteiger partial charge in [0.2, 0.25) is 0 Å². The van der Waals surface area contributed by atoms with Crippen LogP contribution in [0.5, 0.6) is 0 Å². The standard InChI is InChI=1S/C62H96O6/c1-4-7-10-13-16-18-20-22-24-25-26-27-28-29-30-31-32-33-34-35-36-37-39-40-42-44-46-49-52-55-61(64)67-58-59(57-66-60(63)54-51-48-15-12-9-6-3)68-62(65)56-53-50-47-45-43-41-38-23-21-19-17-14-11-8-5-2/h7-8,10-11,16-19,22-24,26-27,29-30,32-33,35-36,38-40,44,46,59H,4-6,9,12-15,20-21,25,28,31,34,37,41-43,45,47-58H2,1-3H3/b10-7-,11-8-,18-16-,19-17-,24-22-,27-26-,30-29-,33-32-,36-35-,38-23-,40-39-,46-44-. The van der Waals surface area contributed by atoms with E-state index in [1.54, 1.807) is 0 Å². The molecule has 68 heavy (non-hydrogen) atoms. The van der Waals surface area contributed by atoms with Crippen molar-refractivity contribution in [3.8, 4) is 0 Å². The van der Waals surface area contributed by atoms with Crippen LogP contribution >= 0.6 is 0 Å². The van der Waals surface area contributed by atoms with Crippen molar-refractivity contribution in [2.24, 2.45) is 0 Å². The molecule has 0 rings (SSSR count). The van der Waals surface area contributed by atoms with Crippen LogP contribution in [0.1, 0.15) is 207 Å². The quantitative estimate of drug-likeness (QED) is 0.0262. The van der Waals surface area contributed by atoms with Gasteiger partial charge in [-0.1, -0.05) is 218 Å². The number of unbranched alkanes of at least 4 members (excludes halogenated alkanes) is 11. The smallest absolute Gasteiger partial charge is 0.306 e. The Morgan fingerprint density at radius 3 is 0.956 bits per heavy atom. The lowest BCUT2D eigenvalue weighted by atomic mass is 10.1. The Morgan fingerprint density at radius 2 is 0.588 bits per heavy atom. The Hall–Kier alpha value is -4.71. The van der Waals surface area contributed by atoms with E-state index in [1.165, 1.54) is 19.3 Å². The van der Waals surface area contributed by atoms with Crippen LogP contribution in [0.25, 0.3) is 0 Å². The van der Waals surface area contributed by atoms with Crippen molar-refractivity contribution in [2.75, 3.05) is 13.2 Å². The van der Waals surface area contributed by atoms with Gasteiger partial charge in [0, 0.05) is 19.3 Å². The van der Waals surface area contributed by atoms with Gasteiger partial charge in [-0.05, 0) is 116 Å². The molecule has 6 heteroatoms. The van der Waals surface area contributed by atoms with E-state index in [9.17, 15) is 14.4 Å². The van der Waals surface area contributed by atoms with Crippen LogP contribution in [0.3, 0.4) is 0 Å².